The third-order valence-corrected chi connectivity index (χ3v) is 4.30. The first-order valence-electron chi connectivity index (χ1n) is 7.08. The molecule has 1 amide bonds. The molecule has 0 aliphatic heterocycles. The van der Waals surface area contributed by atoms with E-state index in [0.717, 1.165) is 10.2 Å². The molecule has 6 heteroatoms. The van der Waals surface area contributed by atoms with Gasteiger partial charge in [-0.15, -0.1) is 0 Å². The molecule has 0 fully saturated rings. The van der Waals surface area contributed by atoms with E-state index in [-0.39, 0.29) is 11.9 Å². The van der Waals surface area contributed by atoms with E-state index in [0.29, 0.717) is 16.9 Å². The van der Waals surface area contributed by atoms with Gasteiger partial charge >= 0.3 is 5.97 Å². The number of esters is 1. The number of carbonyl (C=O) groups excluding carboxylic acids is 2. The van der Waals surface area contributed by atoms with Crippen LogP contribution in [-0.2, 0) is 16.1 Å². The number of amides is 1. The SMILES string of the molecule is CCn1c(=NC(=O)C(C)(C)C)sc2cc(C(=O)OC)ccc21. The summed E-state index contributed by atoms with van der Waals surface area (Å²) in [7, 11) is 1.36. The van der Waals surface area contributed by atoms with Gasteiger partial charge in [0.1, 0.15) is 0 Å². The van der Waals surface area contributed by atoms with Crippen LogP contribution in [0.1, 0.15) is 38.1 Å². The average molecular weight is 320 g/mol. The van der Waals surface area contributed by atoms with Crippen LogP contribution in [0.5, 0.6) is 0 Å². The Hall–Kier alpha value is -1.95. The number of hydrogen-bond donors (Lipinski definition) is 0. The molecular weight excluding hydrogens is 300 g/mol. The molecule has 1 heterocycles. The Kier molecular flexibility index (Phi) is 4.51. The van der Waals surface area contributed by atoms with Crippen molar-refractivity contribution < 1.29 is 14.3 Å². The molecule has 0 bridgehead atoms. The van der Waals surface area contributed by atoms with Crippen LogP contribution in [0.15, 0.2) is 23.2 Å². The summed E-state index contributed by atoms with van der Waals surface area (Å²) in [6.07, 6.45) is 0. The molecule has 1 aromatic carbocycles. The van der Waals surface area contributed by atoms with Crippen molar-refractivity contribution in [1.29, 1.82) is 0 Å². The molecule has 0 saturated carbocycles. The molecular formula is C16H20N2O3S. The monoisotopic (exact) mass is 320 g/mol. The molecule has 0 radical (unpaired) electrons. The summed E-state index contributed by atoms with van der Waals surface area (Å²) in [5, 5.41) is 0. The first-order valence-corrected chi connectivity index (χ1v) is 7.90. The third-order valence-electron chi connectivity index (χ3n) is 3.26. The fraction of sp³-hybridized carbons (Fsp3) is 0.438. The van der Waals surface area contributed by atoms with Gasteiger partial charge < -0.3 is 9.30 Å². The fourth-order valence-electron chi connectivity index (χ4n) is 1.96. The quantitative estimate of drug-likeness (QED) is 0.799. The van der Waals surface area contributed by atoms with E-state index in [1.807, 2.05) is 38.3 Å². The van der Waals surface area contributed by atoms with E-state index in [1.165, 1.54) is 18.4 Å². The van der Waals surface area contributed by atoms with Gasteiger partial charge in [0, 0.05) is 12.0 Å². The van der Waals surface area contributed by atoms with Crippen LogP contribution >= 0.6 is 11.3 Å². The van der Waals surface area contributed by atoms with Gasteiger partial charge in [-0.2, -0.15) is 4.99 Å². The molecule has 0 atom stereocenters. The van der Waals surface area contributed by atoms with E-state index >= 15 is 0 Å². The maximum absolute atomic E-state index is 12.2. The number of methoxy groups -OCH3 is 1. The zero-order valence-electron chi connectivity index (χ0n) is 13.5. The van der Waals surface area contributed by atoms with E-state index in [1.54, 1.807) is 12.1 Å². The van der Waals surface area contributed by atoms with Crippen molar-refractivity contribution in [3.63, 3.8) is 0 Å². The predicted molar refractivity (Wildman–Crippen MR) is 86.9 cm³/mol. The zero-order valence-corrected chi connectivity index (χ0v) is 14.3. The predicted octanol–water partition coefficient (Wildman–Crippen LogP) is 2.98. The second-order valence-electron chi connectivity index (χ2n) is 5.97. The number of aromatic nitrogens is 1. The van der Waals surface area contributed by atoms with Gasteiger partial charge in [0.05, 0.1) is 22.9 Å². The van der Waals surface area contributed by atoms with Crippen LogP contribution in [0, 0.1) is 5.41 Å². The summed E-state index contributed by atoms with van der Waals surface area (Å²) in [6, 6.07) is 5.36. The number of carbonyl (C=O) groups is 2. The summed E-state index contributed by atoms with van der Waals surface area (Å²) in [5.41, 5.74) is 0.938. The Morgan fingerprint density at radius 1 is 1.32 bits per heavy atom. The second kappa shape index (κ2) is 6.04. The van der Waals surface area contributed by atoms with E-state index in [4.69, 9.17) is 4.74 Å². The van der Waals surface area contributed by atoms with E-state index in [9.17, 15) is 9.59 Å². The number of ether oxygens (including phenoxy) is 1. The normalized spacial score (nSPS) is 12.7. The smallest absolute Gasteiger partial charge is 0.337 e. The van der Waals surface area contributed by atoms with Crippen LogP contribution in [0.25, 0.3) is 10.2 Å². The minimum absolute atomic E-state index is 0.158. The number of fused-ring (bicyclic) bond motifs is 1. The highest BCUT2D eigenvalue weighted by Gasteiger charge is 2.21. The summed E-state index contributed by atoms with van der Waals surface area (Å²) in [4.78, 5) is 28.7. The van der Waals surface area contributed by atoms with Crippen molar-refractivity contribution in [2.45, 2.75) is 34.2 Å². The summed E-state index contributed by atoms with van der Waals surface area (Å²) in [5.74, 6) is -0.531. The first kappa shape index (κ1) is 16.4. The molecule has 0 aliphatic rings. The lowest BCUT2D eigenvalue weighted by Gasteiger charge is -2.11. The number of hydrogen-bond acceptors (Lipinski definition) is 4. The molecule has 118 valence electrons. The van der Waals surface area contributed by atoms with E-state index < -0.39 is 5.41 Å². The maximum Gasteiger partial charge on any atom is 0.337 e. The van der Waals surface area contributed by atoms with Crippen molar-refractivity contribution in [2.24, 2.45) is 10.4 Å². The van der Waals surface area contributed by atoms with Gasteiger partial charge in [0.25, 0.3) is 5.91 Å². The van der Waals surface area contributed by atoms with Crippen molar-refractivity contribution in [1.82, 2.24) is 4.57 Å². The van der Waals surface area contributed by atoms with Crippen molar-refractivity contribution in [2.75, 3.05) is 7.11 Å². The number of rotatable bonds is 2. The Morgan fingerprint density at radius 3 is 2.55 bits per heavy atom. The lowest BCUT2D eigenvalue weighted by atomic mass is 9.96. The van der Waals surface area contributed by atoms with Crippen LogP contribution < -0.4 is 4.80 Å². The maximum atomic E-state index is 12.2. The third kappa shape index (κ3) is 3.11. The first-order chi connectivity index (χ1) is 10.3. The minimum Gasteiger partial charge on any atom is -0.465 e. The van der Waals surface area contributed by atoms with Gasteiger partial charge in [-0.05, 0) is 25.1 Å². The lowest BCUT2D eigenvalue weighted by molar-refractivity contribution is -0.125. The van der Waals surface area contributed by atoms with Crippen molar-refractivity contribution in [3.8, 4) is 0 Å². The fourth-order valence-corrected chi connectivity index (χ4v) is 3.10. The minimum atomic E-state index is -0.515. The number of aryl methyl sites for hydroxylation is 1. The standard InChI is InChI=1S/C16H20N2O3S/c1-6-18-11-8-7-10(13(19)21-5)9-12(11)22-15(18)17-14(20)16(2,3)4/h7-9H,6H2,1-5H3. The topological polar surface area (TPSA) is 60.7 Å². The molecule has 0 aliphatic carbocycles. The molecule has 5 nitrogen and oxygen atoms in total. The number of benzene rings is 1. The molecule has 2 aromatic rings. The number of nitrogens with zero attached hydrogens (tertiary/aromatic N) is 2. The van der Waals surface area contributed by atoms with Crippen molar-refractivity contribution in [3.05, 3.63) is 28.6 Å². The van der Waals surface area contributed by atoms with Gasteiger partial charge in [-0.3, -0.25) is 4.79 Å². The van der Waals surface area contributed by atoms with Gasteiger partial charge in [-0.25, -0.2) is 4.79 Å². The van der Waals surface area contributed by atoms with Crippen LogP contribution in [0.2, 0.25) is 0 Å². The zero-order chi connectivity index (χ0) is 16.5. The molecule has 0 N–H and O–H groups in total. The highest BCUT2D eigenvalue weighted by Crippen LogP contribution is 2.21. The van der Waals surface area contributed by atoms with Gasteiger partial charge in [0.2, 0.25) is 0 Å². The van der Waals surface area contributed by atoms with Crippen molar-refractivity contribution >= 4 is 33.4 Å². The van der Waals surface area contributed by atoms with E-state index in [2.05, 4.69) is 4.99 Å². The molecule has 0 saturated heterocycles. The van der Waals surface area contributed by atoms with Crippen LogP contribution in [-0.4, -0.2) is 23.6 Å². The Morgan fingerprint density at radius 2 is 2.00 bits per heavy atom. The molecule has 1 aromatic heterocycles. The lowest BCUT2D eigenvalue weighted by Crippen LogP contribution is -2.23. The number of thiazole rings is 1. The molecule has 0 spiro atoms. The Labute approximate surface area is 133 Å². The highest BCUT2D eigenvalue weighted by molar-refractivity contribution is 7.16. The average Bonchev–Trinajstić information content (AvgIpc) is 2.81. The molecule has 2 rings (SSSR count). The molecule has 22 heavy (non-hydrogen) atoms. The summed E-state index contributed by atoms with van der Waals surface area (Å²) in [6.45, 7) is 8.24. The van der Waals surface area contributed by atoms with Gasteiger partial charge in [-0.1, -0.05) is 32.1 Å². The second-order valence-corrected chi connectivity index (χ2v) is 6.98. The van der Waals surface area contributed by atoms with Crippen LogP contribution in [0.3, 0.4) is 0 Å². The highest BCUT2D eigenvalue weighted by atomic mass is 32.1. The van der Waals surface area contributed by atoms with Crippen LogP contribution in [0.4, 0.5) is 0 Å². The Balaban J connectivity index is 2.64. The summed E-state index contributed by atoms with van der Waals surface area (Å²) >= 11 is 1.40. The summed E-state index contributed by atoms with van der Waals surface area (Å²) < 4.78 is 7.62. The largest absolute Gasteiger partial charge is 0.465 e. The molecule has 0 unspecified atom stereocenters. The van der Waals surface area contributed by atoms with Gasteiger partial charge in [0.15, 0.2) is 4.80 Å². The Bertz CT molecular complexity index is 794.